The minimum Gasteiger partial charge on any atom is -0.261 e. The fourth-order valence-corrected chi connectivity index (χ4v) is 0.708. The normalized spacial score (nSPS) is 8.36. The Hall–Kier alpha value is -0.850. The molecular formula is C10H17N. The van der Waals surface area contributed by atoms with E-state index in [0.29, 0.717) is 0 Å². The number of hydrogen-bond acceptors (Lipinski definition) is 1. The minimum absolute atomic E-state index is 1.08. The van der Waals surface area contributed by atoms with Crippen molar-refractivity contribution in [1.82, 2.24) is 4.98 Å². The highest BCUT2D eigenvalue weighted by atomic mass is 14.6. The highest BCUT2D eigenvalue weighted by molar-refractivity contribution is 5.12. The molecular weight excluding hydrogens is 134 g/mol. The maximum atomic E-state index is 4.15. The lowest BCUT2D eigenvalue weighted by molar-refractivity contribution is 1.08. The predicted molar refractivity (Wildman–Crippen MR) is 49.7 cm³/mol. The maximum Gasteiger partial charge on any atom is 0.0372 e. The molecule has 0 aliphatic heterocycles. The summed E-state index contributed by atoms with van der Waals surface area (Å²) in [5.74, 6) is 0. The van der Waals surface area contributed by atoms with Gasteiger partial charge in [0.2, 0.25) is 0 Å². The molecule has 62 valence electrons. The van der Waals surface area contributed by atoms with Gasteiger partial charge in [0.25, 0.3) is 0 Å². The fraction of sp³-hybridized carbons (Fsp3) is 0.500. The molecule has 0 aromatic carbocycles. The number of aromatic nitrogens is 1. The van der Waals surface area contributed by atoms with Crippen molar-refractivity contribution in [1.29, 1.82) is 0 Å². The van der Waals surface area contributed by atoms with Crippen molar-refractivity contribution in [2.75, 3.05) is 0 Å². The summed E-state index contributed by atoms with van der Waals surface area (Å²) in [5, 5.41) is 0. The molecule has 0 N–H and O–H groups in total. The van der Waals surface area contributed by atoms with Crippen molar-refractivity contribution < 1.29 is 0 Å². The first-order chi connectivity index (χ1) is 5.33. The van der Waals surface area contributed by atoms with E-state index in [-0.39, 0.29) is 0 Å². The number of nitrogens with zero attached hydrogens (tertiary/aromatic N) is 1. The van der Waals surface area contributed by atoms with E-state index in [1.54, 1.807) is 0 Å². The zero-order chi connectivity index (χ0) is 8.69. The van der Waals surface area contributed by atoms with Gasteiger partial charge in [-0.2, -0.15) is 0 Å². The van der Waals surface area contributed by atoms with Crippen LogP contribution in [0.5, 0.6) is 0 Å². The van der Waals surface area contributed by atoms with Gasteiger partial charge in [0, 0.05) is 11.9 Å². The van der Waals surface area contributed by atoms with Gasteiger partial charge < -0.3 is 0 Å². The molecule has 1 aromatic rings. The molecule has 1 heterocycles. The van der Waals surface area contributed by atoms with Crippen LogP contribution in [0.1, 0.15) is 32.0 Å². The Labute approximate surface area is 69.5 Å². The standard InChI is InChI=1S/C8H11N.C2H6/c1-3-8-5-4-7(2)9-6-8;1-2/h4-6H,3H2,1-2H3;1-2H3. The van der Waals surface area contributed by atoms with E-state index in [2.05, 4.69) is 18.0 Å². The van der Waals surface area contributed by atoms with Gasteiger partial charge >= 0.3 is 0 Å². The second kappa shape index (κ2) is 5.90. The van der Waals surface area contributed by atoms with Gasteiger partial charge in [0.15, 0.2) is 0 Å². The summed E-state index contributed by atoms with van der Waals surface area (Å²) in [4.78, 5) is 4.15. The SMILES string of the molecule is CC.CCc1ccc(C)nc1. The van der Waals surface area contributed by atoms with Gasteiger partial charge in [-0.05, 0) is 25.0 Å². The molecule has 0 bridgehead atoms. The zero-order valence-corrected chi connectivity index (χ0v) is 7.89. The van der Waals surface area contributed by atoms with Crippen LogP contribution in [0.25, 0.3) is 0 Å². The molecule has 0 fully saturated rings. The van der Waals surface area contributed by atoms with Gasteiger partial charge in [-0.1, -0.05) is 26.8 Å². The van der Waals surface area contributed by atoms with Crippen molar-refractivity contribution in [2.24, 2.45) is 0 Å². The Morgan fingerprint density at radius 3 is 2.27 bits per heavy atom. The lowest BCUT2D eigenvalue weighted by Crippen LogP contribution is -1.83. The molecule has 1 nitrogen and oxygen atoms in total. The molecule has 1 aromatic heterocycles. The van der Waals surface area contributed by atoms with Crippen LogP contribution in [0, 0.1) is 6.92 Å². The molecule has 0 saturated carbocycles. The summed E-state index contributed by atoms with van der Waals surface area (Å²) < 4.78 is 0. The summed E-state index contributed by atoms with van der Waals surface area (Å²) in [5.41, 5.74) is 2.40. The van der Waals surface area contributed by atoms with E-state index in [1.807, 2.05) is 33.0 Å². The van der Waals surface area contributed by atoms with Crippen LogP contribution < -0.4 is 0 Å². The van der Waals surface area contributed by atoms with E-state index in [9.17, 15) is 0 Å². The molecule has 11 heavy (non-hydrogen) atoms. The van der Waals surface area contributed by atoms with Gasteiger partial charge in [-0.3, -0.25) is 4.98 Å². The first kappa shape index (κ1) is 10.2. The molecule has 1 heteroatoms. The minimum atomic E-state index is 1.08. The third kappa shape index (κ3) is 3.76. The van der Waals surface area contributed by atoms with Gasteiger partial charge in [0.1, 0.15) is 0 Å². The van der Waals surface area contributed by atoms with Gasteiger partial charge in [-0.15, -0.1) is 0 Å². The van der Waals surface area contributed by atoms with Crippen LogP contribution in [0.3, 0.4) is 0 Å². The fourth-order valence-electron chi connectivity index (χ4n) is 0.708. The van der Waals surface area contributed by atoms with Crippen LogP contribution >= 0.6 is 0 Å². The van der Waals surface area contributed by atoms with Crippen LogP contribution in [0.4, 0.5) is 0 Å². The average molecular weight is 151 g/mol. The summed E-state index contributed by atoms with van der Waals surface area (Å²) in [6.45, 7) is 8.13. The number of aryl methyl sites for hydroxylation is 2. The topological polar surface area (TPSA) is 12.9 Å². The number of pyridine rings is 1. The summed E-state index contributed by atoms with van der Waals surface area (Å²) in [6, 6.07) is 4.15. The average Bonchev–Trinajstić information content (AvgIpc) is 2.10. The van der Waals surface area contributed by atoms with Crippen molar-refractivity contribution >= 4 is 0 Å². The third-order valence-corrected chi connectivity index (χ3v) is 1.38. The van der Waals surface area contributed by atoms with Gasteiger partial charge in [0.05, 0.1) is 0 Å². The van der Waals surface area contributed by atoms with E-state index in [1.165, 1.54) is 5.56 Å². The second-order valence-corrected chi connectivity index (χ2v) is 2.16. The lowest BCUT2D eigenvalue weighted by atomic mass is 10.2. The van der Waals surface area contributed by atoms with E-state index >= 15 is 0 Å². The van der Waals surface area contributed by atoms with E-state index in [4.69, 9.17) is 0 Å². The molecule has 1 rings (SSSR count). The van der Waals surface area contributed by atoms with Crippen LogP contribution in [0.2, 0.25) is 0 Å². The summed E-state index contributed by atoms with van der Waals surface area (Å²) in [7, 11) is 0. The predicted octanol–water partition coefficient (Wildman–Crippen LogP) is 2.98. The number of hydrogen-bond donors (Lipinski definition) is 0. The van der Waals surface area contributed by atoms with Crippen molar-refractivity contribution in [3.05, 3.63) is 29.6 Å². The summed E-state index contributed by atoms with van der Waals surface area (Å²) in [6.07, 6.45) is 3.00. The van der Waals surface area contributed by atoms with Crippen LogP contribution in [-0.2, 0) is 6.42 Å². The highest BCUT2D eigenvalue weighted by Crippen LogP contribution is 1.98. The molecule has 0 radical (unpaired) electrons. The van der Waals surface area contributed by atoms with Gasteiger partial charge in [-0.25, -0.2) is 0 Å². The Kier molecular flexibility index (Phi) is 5.44. The number of rotatable bonds is 1. The Bertz CT molecular complexity index is 177. The second-order valence-electron chi connectivity index (χ2n) is 2.16. The van der Waals surface area contributed by atoms with Crippen molar-refractivity contribution in [3.63, 3.8) is 0 Å². The van der Waals surface area contributed by atoms with Crippen molar-refractivity contribution in [3.8, 4) is 0 Å². The smallest absolute Gasteiger partial charge is 0.0372 e. The molecule has 0 saturated heterocycles. The molecule has 0 aliphatic carbocycles. The molecule has 0 atom stereocenters. The molecule has 0 spiro atoms. The van der Waals surface area contributed by atoms with Crippen LogP contribution in [0.15, 0.2) is 18.3 Å². The third-order valence-electron chi connectivity index (χ3n) is 1.38. The first-order valence-corrected chi connectivity index (χ1v) is 4.24. The lowest BCUT2D eigenvalue weighted by Gasteiger charge is -1.93. The summed E-state index contributed by atoms with van der Waals surface area (Å²) >= 11 is 0. The Balaban J connectivity index is 0.000000461. The van der Waals surface area contributed by atoms with E-state index in [0.717, 1.165) is 12.1 Å². The van der Waals surface area contributed by atoms with E-state index < -0.39 is 0 Å². The molecule has 0 aliphatic rings. The monoisotopic (exact) mass is 151 g/mol. The first-order valence-electron chi connectivity index (χ1n) is 4.24. The maximum absolute atomic E-state index is 4.15. The molecule has 0 amide bonds. The van der Waals surface area contributed by atoms with Crippen LogP contribution in [-0.4, -0.2) is 4.98 Å². The highest BCUT2D eigenvalue weighted by Gasteiger charge is 1.86. The Morgan fingerprint density at radius 1 is 1.27 bits per heavy atom. The Morgan fingerprint density at radius 2 is 1.91 bits per heavy atom. The largest absolute Gasteiger partial charge is 0.261 e. The quantitative estimate of drug-likeness (QED) is 0.601. The zero-order valence-electron chi connectivity index (χ0n) is 7.89. The molecule has 0 unspecified atom stereocenters. The van der Waals surface area contributed by atoms with Crippen molar-refractivity contribution in [2.45, 2.75) is 34.1 Å².